The Hall–Kier alpha value is -2.40. The Morgan fingerprint density at radius 3 is 1.83 bits per heavy atom. The number of halogens is 2. The fourth-order valence-corrected chi connectivity index (χ4v) is 7.99. The van der Waals surface area contributed by atoms with Crippen LogP contribution >= 0.6 is 19.4 Å². The molecule has 3 aromatic carbocycles. The fraction of sp³-hybridized carbons (Fsp3) is 0.436. The van der Waals surface area contributed by atoms with Crippen molar-refractivity contribution in [2.75, 3.05) is 22.9 Å². The summed E-state index contributed by atoms with van der Waals surface area (Å²) < 4.78 is 4.75. The van der Waals surface area contributed by atoms with Gasteiger partial charge in [0.15, 0.2) is 0 Å². The number of hydrogen-bond acceptors (Lipinski definition) is 3. The number of anilines is 2. The summed E-state index contributed by atoms with van der Waals surface area (Å²) >= 11 is -1.95. The van der Waals surface area contributed by atoms with Crippen molar-refractivity contribution in [3.05, 3.63) is 101 Å². The van der Waals surface area contributed by atoms with E-state index in [0.29, 0.717) is 12.8 Å². The van der Waals surface area contributed by atoms with Crippen LogP contribution in [0.2, 0.25) is 0 Å². The van der Waals surface area contributed by atoms with Gasteiger partial charge in [0, 0.05) is 24.5 Å². The van der Waals surface area contributed by atoms with Crippen molar-refractivity contribution in [3.63, 3.8) is 0 Å². The molecule has 1 heterocycles. The van der Waals surface area contributed by atoms with Gasteiger partial charge in [-0.3, -0.25) is 0 Å². The van der Waals surface area contributed by atoms with Gasteiger partial charge in [0.1, 0.15) is 0 Å². The molecule has 1 N–H and O–H groups in total. The van der Waals surface area contributed by atoms with Crippen LogP contribution in [0.1, 0.15) is 85.0 Å². The third kappa shape index (κ3) is 11.1. The number of aryl methyl sites for hydroxylation is 7. The van der Waals surface area contributed by atoms with Gasteiger partial charge in [-0.05, 0) is 63.8 Å². The third-order valence-corrected chi connectivity index (χ3v) is 10.3. The molecule has 1 aliphatic rings. The molecule has 5 nitrogen and oxygen atoms in total. The quantitative estimate of drug-likeness (QED) is 0.127. The van der Waals surface area contributed by atoms with E-state index in [-0.39, 0.29) is 18.1 Å². The van der Waals surface area contributed by atoms with E-state index < -0.39 is 13.5 Å². The van der Waals surface area contributed by atoms with Crippen LogP contribution in [-0.2, 0) is 29.1 Å². The molecule has 1 saturated heterocycles. The minimum atomic E-state index is -1.95. The van der Waals surface area contributed by atoms with Crippen molar-refractivity contribution >= 4 is 41.3 Å². The monoisotopic (exact) mass is 768 g/mol. The van der Waals surface area contributed by atoms with Crippen LogP contribution < -0.4 is 15.1 Å². The Labute approximate surface area is 297 Å². The van der Waals surface area contributed by atoms with Crippen molar-refractivity contribution in [1.29, 1.82) is 0 Å². The minimum absolute atomic E-state index is 0.0801. The first-order chi connectivity index (χ1) is 22.1. The molecule has 1 aliphatic heterocycles. The average Bonchev–Trinajstić information content (AvgIpc) is 3.43. The zero-order valence-corrected chi connectivity index (χ0v) is 33.2. The van der Waals surface area contributed by atoms with Crippen LogP contribution in [-0.4, -0.2) is 35.8 Å². The van der Waals surface area contributed by atoms with Crippen molar-refractivity contribution in [1.82, 2.24) is 5.32 Å². The molecule has 8 heteroatoms. The number of rotatable bonds is 10. The number of nitrogens with one attached hydrogen (secondary N) is 1. The van der Waals surface area contributed by atoms with Crippen molar-refractivity contribution in [2.24, 2.45) is 0 Å². The predicted octanol–water partition coefficient (Wildman–Crippen LogP) is 10.1. The fourth-order valence-electron chi connectivity index (χ4n) is 6.21. The number of hydrogen-bond donors (Lipinski definition) is 1. The topological polar surface area (TPSA) is 38.3 Å². The van der Waals surface area contributed by atoms with E-state index in [0.717, 1.165) is 36.4 Å². The van der Waals surface area contributed by atoms with E-state index in [1.54, 1.807) is 0 Å². The van der Waals surface area contributed by atoms with Gasteiger partial charge >= 0.3 is 159 Å². The number of benzene rings is 3. The molecule has 1 atom stereocenters. The molecule has 260 valence electrons. The molecule has 1 fully saturated rings. The number of nitrogens with zero attached hydrogens (tertiary/aromatic N) is 2. The van der Waals surface area contributed by atoms with E-state index >= 15 is 0 Å². The van der Waals surface area contributed by atoms with Crippen LogP contribution in [0.25, 0.3) is 0 Å². The van der Waals surface area contributed by atoms with Gasteiger partial charge < -0.3 is 9.80 Å². The van der Waals surface area contributed by atoms with Gasteiger partial charge in [-0.15, -0.1) is 0 Å². The van der Waals surface area contributed by atoms with Gasteiger partial charge in [-0.1, -0.05) is 35.4 Å². The Morgan fingerprint density at radius 1 is 0.915 bits per heavy atom. The first kappa shape index (κ1) is 39.0. The third-order valence-electron chi connectivity index (χ3n) is 8.48. The molecular weight excluding hydrogens is 714 g/mol. The van der Waals surface area contributed by atoms with Crippen molar-refractivity contribution < 1.29 is 22.7 Å². The number of carbonyl (C=O) groups is 1. The van der Waals surface area contributed by atoms with Gasteiger partial charge in [-0.2, -0.15) is 6.67 Å². The number of carbonyl (C=O) groups excluding carboxylic acids is 1. The molecule has 0 radical (unpaired) electrons. The van der Waals surface area contributed by atoms with Gasteiger partial charge in [-0.25, -0.2) is 0 Å². The van der Waals surface area contributed by atoms with Gasteiger partial charge in [0.05, 0.1) is 0 Å². The molecule has 3 aromatic rings. The molecule has 4 rings (SSSR count). The van der Waals surface area contributed by atoms with Gasteiger partial charge in [0.25, 0.3) is 0 Å². The van der Waals surface area contributed by atoms with E-state index in [1.165, 1.54) is 44.8 Å². The summed E-state index contributed by atoms with van der Waals surface area (Å²) in [5.41, 5.74) is 12.9. The van der Waals surface area contributed by atoms with Gasteiger partial charge in [0.2, 0.25) is 0 Å². The van der Waals surface area contributed by atoms with Crippen LogP contribution in [0, 0.1) is 55.3 Å². The zero-order valence-electron chi connectivity index (χ0n) is 29.9. The summed E-state index contributed by atoms with van der Waals surface area (Å²) in [5.74, 6) is 1.01. The maximum atomic E-state index is 11.9. The normalized spacial score (nSPS) is 13.7. The summed E-state index contributed by atoms with van der Waals surface area (Å²) in [6.45, 7) is 25.7. The number of amides is 1. The standard InChI is InChI=1S/C21H27N2.C18H27NO2.2ClH.Ru/c1-14-9-16(3)20(17(4)10-14)22-7-8-23(13-22)21-18(5)11-15(2)12-19(21)6;1-7-15(5)19-18(20)11-9-16-8-10-17(14(4)12-16)21(6)13(2)3;;;/h9-13H,7-8H2,1-6H3;4,8,10,12-13,15H,6-7,9,11H2,1-3,5H3,(H,19,20);2*1H;/q-1;;;;+2/p-2. The Balaban J connectivity index is 0.000000255. The van der Waals surface area contributed by atoms with E-state index in [9.17, 15) is 4.79 Å². The summed E-state index contributed by atoms with van der Waals surface area (Å²) in [6.07, 6.45) is 2.28. The molecule has 0 aliphatic carbocycles. The SMILES string of the molecule is Cc1cc(C)c(N2[CH-]N(c3c(C)cc(C)cc3C)CC2)c(C)c1.[CH2-][O+](c1ccc(CCC(=O)NC(C)CC)cc1[CH]=[Ru]([Cl])[Cl])C(C)C. The van der Waals surface area contributed by atoms with Crippen LogP contribution in [0.3, 0.4) is 0 Å². The Bertz CT molecular complexity index is 1460. The second-order valence-electron chi connectivity index (χ2n) is 13.0. The molecule has 0 saturated carbocycles. The molecular formula is C39H54Cl2N3O2Ru-. The average molecular weight is 769 g/mol. The second-order valence-corrected chi connectivity index (χ2v) is 18.8. The summed E-state index contributed by atoms with van der Waals surface area (Å²) in [4.78, 5) is 16.7. The van der Waals surface area contributed by atoms with Crippen molar-refractivity contribution in [3.8, 4) is 5.75 Å². The van der Waals surface area contributed by atoms with E-state index in [4.69, 9.17) is 19.4 Å². The molecule has 1 unspecified atom stereocenters. The Morgan fingerprint density at radius 2 is 1.40 bits per heavy atom. The second kappa shape index (κ2) is 17.8. The Kier molecular flexibility index (Phi) is 14.8. The predicted molar refractivity (Wildman–Crippen MR) is 201 cm³/mol. The first-order valence-corrected chi connectivity index (χ1v) is 21.9. The van der Waals surface area contributed by atoms with Crippen LogP contribution in [0.4, 0.5) is 11.4 Å². The van der Waals surface area contributed by atoms with Crippen LogP contribution in [0.15, 0.2) is 42.5 Å². The molecule has 0 aromatic heterocycles. The first-order valence-electron chi connectivity index (χ1n) is 16.4. The van der Waals surface area contributed by atoms with E-state index in [2.05, 4.69) is 106 Å². The van der Waals surface area contributed by atoms with E-state index in [1.807, 2.05) is 43.6 Å². The van der Waals surface area contributed by atoms with Crippen LogP contribution in [0.5, 0.6) is 5.75 Å². The summed E-state index contributed by atoms with van der Waals surface area (Å²) in [6, 6.07) is 15.4. The molecule has 47 heavy (non-hydrogen) atoms. The van der Waals surface area contributed by atoms with Crippen molar-refractivity contribution in [2.45, 2.75) is 101 Å². The molecule has 1 amide bonds. The summed E-state index contributed by atoms with van der Waals surface area (Å²) in [7, 11) is 16.1. The maximum absolute atomic E-state index is 11.9. The zero-order chi connectivity index (χ0) is 35.0. The molecule has 0 bridgehead atoms. The summed E-state index contributed by atoms with van der Waals surface area (Å²) in [5, 5.41) is 2.99. The molecule has 0 spiro atoms.